The monoisotopic (exact) mass is 519 g/mol. The number of aromatic amines is 2. The number of nitrogens with zero attached hydrogens (tertiary/aromatic N) is 4. The standard InChI is InChI=1S/C29H25N7OS/c37-29(17-4-2-1-3-5-17)33-20-10-19(13-30-14-20)24-12-23-26(15-32-24)35-36-27(23)25-11-22-21(18-7-9-38-16-18)6-8-31-28(22)34-25/h6-17H,1-5H2,(H,31,34)(H,33,37)(H,35,36). The number of rotatable bonds is 5. The zero-order chi connectivity index (χ0) is 25.5. The fourth-order valence-corrected chi connectivity index (χ4v) is 6.02. The van der Waals surface area contributed by atoms with Gasteiger partial charge in [0.05, 0.1) is 35.0 Å². The first-order valence-electron chi connectivity index (χ1n) is 12.8. The predicted octanol–water partition coefficient (Wildman–Crippen LogP) is 6.81. The van der Waals surface area contributed by atoms with Crippen molar-refractivity contribution in [2.24, 2.45) is 5.92 Å². The molecule has 1 fully saturated rings. The number of hydrogen-bond donors (Lipinski definition) is 3. The summed E-state index contributed by atoms with van der Waals surface area (Å²) in [6.07, 6.45) is 12.4. The summed E-state index contributed by atoms with van der Waals surface area (Å²) in [5.41, 5.74) is 7.93. The second-order valence-electron chi connectivity index (χ2n) is 9.79. The Morgan fingerprint density at radius 2 is 1.89 bits per heavy atom. The number of hydrogen-bond acceptors (Lipinski definition) is 6. The van der Waals surface area contributed by atoms with Gasteiger partial charge >= 0.3 is 0 Å². The molecule has 0 unspecified atom stereocenters. The maximum Gasteiger partial charge on any atom is 0.227 e. The van der Waals surface area contributed by atoms with E-state index in [0.29, 0.717) is 5.69 Å². The van der Waals surface area contributed by atoms with E-state index in [2.05, 4.69) is 58.3 Å². The lowest BCUT2D eigenvalue weighted by molar-refractivity contribution is -0.120. The summed E-state index contributed by atoms with van der Waals surface area (Å²) < 4.78 is 0. The Kier molecular flexibility index (Phi) is 5.70. The van der Waals surface area contributed by atoms with Crippen molar-refractivity contribution >= 4 is 44.9 Å². The number of amides is 1. The minimum atomic E-state index is 0.0819. The summed E-state index contributed by atoms with van der Waals surface area (Å²) in [7, 11) is 0. The van der Waals surface area contributed by atoms with Crippen LogP contribution in [0.4, 0.5) is 5.69 Å². The molecule has 1 saturated carbocycles. The largest absolute Gasteiger partial charge is 0.338 e. The minimum Gasteiger partial charge on any atom is -0.338 e. The molecule has 3 N–H and O–H groups in total. The number of nitrogens with one attached hydrogen (secondary N) is 3. The second kappa shape index (κ2) is 9.50. The van der Waals surface area contributed by atoms with E-state index < -0.39 is 0 Å². The summed E-state index contributed by atoms with van der Waals surface area (Å²) >= 11 is 1.68. The van der Waals surface area contributed by atoms with Gasteiger partial charge in [-0.05, 0) is 65.1 Å². The SMILES string of the molecule is O=C(Nc1cncc(-c2cc3c(-c4cc5c(-c6ccsc6)ccnc5[nH]4)n[nH]c3cn2)c1)C1CCCCC1. The summed E-state index contributed by atoms with van der Waals surface area (Å²) in [5, 5.41) is 17.0. The number of thiophene rings is 1. The molecule has 0 radical (unpaired) electrons. The van der Waals surface area contributed by atoms with Crippen molar-refractivity contribution in [3.63, 3.8) is 0 Å². The van der Waals surface area contributed by atoms with Gasteiger partial charge in [0.25, 0.3) is 0 Å². The molecule has 8 nitrogen and oxygen atoms in total. The Morgan fingerprint density at radius 3 is 2.76 bits per heavy atom. The van der Waals surface area contributed by atoms with Gasteiger partial charge in [-0.15, -0.1) is 0 Å². The van der Waals surface area contributed by atoms with Crippen molar-refractivity contribution < 1.29 is 4.79 Å². The molecular weight excluding hydrogens is 494 g/mol. The number of H-pyrrole nitrogens is 2. The average molecular weight is 520 g/mol. The Bertz CT molecular complexity index is 1760. The summed E-state index contributed by atoms with van der Waals surface area (Å²) in [6.45, 7) is 0. The highest BCUT2D eigenvalue weighted by atomic mass is 32.1. The Balaban J connectivity index is 1.23. The number of carbonyl (C=O) groups excluding carboxylic acids is 1. The molecule has 1 aliphatic rings. The predicted molar refractivity (Wildman–Crippen MR) is 151 cm³/mol. The molecule has 6 aromatic heterocycles. The topological polar surface area (TPSA) is 112 Å². The Labute approximate surface area is 222 Å². The molecule has 0 aromatic carbocycles. The van der Waals surface area contributed by atoms with Crippen LogP contribution in [0.2, 0.25) is 0 Å². The highest BCUT2D eigenvalue weighted by Crippen LogP contribution is 2.35. The van der Waals surface area contributed by atoms with E-state index in [1.807, 2.05) is 24.4 Å². The molecule has 0 atom stereocenters. The van der Waals surface area contributed by atoms with Crippen molar-refractivity contribution in [1.29, 1.82) is 0 Å². The van der Waals surface area contributed by atoms with E-state index in [1.165, 1.54) is 12.0 Å². The molecule has 0 bridgehead atoms. The van der Waals surface area contributed by atoms with Gasteiger partial charge in [0.1, 0.15) is 11.3 Å². The third kappa shape index (κ3) is 4.14. The molecule has 0 spiro atoms. The van der Waals surface area contributed by atoms with Crippen molar-refractivity contribution in [3.8, 4) is 33.8 Å². The van der Waals surface area contributed by atoms with Crippen LogP contribution in [0, 0.1) is 5.92 Å². The number of anilines is 1. The van der Waals surface area contributed by atoms with Crippen LogP contribution in [0.1, 0.15) is 32.1 Å². The molecule has 6 aromatic rings. The normalized spacial score (nSPS) is 14.3. The molecule has 188 valence electrons. The molecule has 7 rings (SSSR count). The van der Waals surface area contributed by atoms with Crippen molar-refractivity contribution in [1.82, 2.24) is 30.1 Å². The van der Waals surface area contributed by atoms with Crippen LogP contribution in [-0.4, -0.2) is 36.0 Å². The fourth-order valence-electron chi connectivity index (χ4n) is 5.36. The van der Waals surface area contributed by atoms with Crippen LogP contribution < -0.4 is 5.32 Å². The summed E-state index contributed by atoms with van der Waals surface area (Å²) in [5.74, 6) is 0.167. The molecule has 9 heteroatoms. The molecule has 0 aliphatic heterocycles. The zero-order valence-corrected chi connectivity index (χ0v) is 21.4. The average Bonchev–Trinajstić information content (AvgIpc) is 3.73. The van der Waals surface area contributed by atoms with Crippen molar-refractivity contribution in [2.45, 2.75) is 32.1 Å². The van der Waals surface area contributed by atoms with Gasteiger partial charge in [0, 0.05) is 34.6 Å². The third-order valence-corrected chi connectivity index (χ3v) is 8.03. The number of carbonyl (C=O) groups is 1. The van der Waals surface area contributed by atoms with Gasteiger partial charge in [0.15, 0.2) is 0 Å². The van der Waals surface area contributed by atoms with Gasteiger partial charge in [-0.25, -0.2) is 4.98 Å². The lowest BCUT2D eigenvalue weighted by Crippen LogP contribution is -2.24. The van der Waals surface area contributed by atoms with E-state index in [4.69, 9.17) is 0 Å². The van der Waals surface area contributed by atoms with E-state index in [0.717, 1.165) is 75.8 Å². The Morgan fingerprint density at radius 1 is 0.974 bits per heavy atom. The second-order valence-corrected chi connectivity index (χ2v) is 10.6. The first kappa shape index (κ1) is 22.8. The highest BCUT2D eigenvalue weighted by molar-refractivity contribution is 7.08. The molecule has 1 aliphatic carbocycles. The summed E-state index contributed by atoms with van der Waals surface area (Å²) in [6, 6.07) is 10.2. The lowest BCUT2D eigenvalue weighted by Gasteiger charge is -2.20. The number of pyridine rings is 3. The van der Waals surface area contributed by atoms with Gasteiger partial charge in [-0.3, -0.25) is 19.9 Å². The molecular formula is C29H25N7OS. The van der Waals surface area contributed by atoms with Crippen LogP contribution >= 0.6 is 11.3 Å². The van der Waals surface area contributed by atoms with E-state index in [9.17, 15) is 4.79 Å². The maximum absolute atomic E-state index is 12.8. The molecule has 6 heterocycles. The first-order chi connectivity index (χ1) is 18.7. The van der Waals surface area contributed by atoms with Crippen molar-refractivity contribution in [3.05, 3.63) is 65.9 Å². The van der Waals surface area contributed by atoms with E-state index in [1.54, 1.807) is 29.9 Å². The zero-order valence-electron chi connectivity index (χ0n) is 20.6. The fraction of sp³-hybridized carbons (Fsp3) is 0.207. The lowest BCUT2D eigenvalue weighted by atomic mass is 9.88. The molecule has 1 amide bonds. The number of fused-ring (bicyclic) bond motifs is 2. The highest BCUT2D eigenvalue weighted by Gasteiger charge is 2.21. The van der Waals surface area contributed by atoms with Gasteiger partial charge in [-0.2, -0.15) is 16.4 Å². The third-order valence-electron chi connectivity index (χ3n) is 7.34. The smallest absolute Gasteiger partial charge is 0.227 e. The Hall–Kier alpha value is -4.37. The van der Waals surface area contributed by atoms with E-state index in [-0.39, 0.29) is 11.8 Å². The molecule has 0 saturated heterocycles. The maximum atomic E-state index is 12.8. The van der Waals surface area contributed by atoms with Crippen LogP contribution in [0.15, 0.2) is 65.9 Å². The quantitative estimate of drug-likeness (QED) is 0.232. The molecule has 38 heavy (non-hydrogen) atoms. The van der Waals surface area contributed by atoms with Crippen LogP contribution in [0.25, 0.3) is 55.7 Å². The number of aromatic nitrogens is 6. The van der Waals surface area contributed by atoms with Crippen LogP contribution in [-0.2, 0) is 4.79 Å². The van der Waals surface area contributed by atoms with Crippen LogP contribution in [0.5, 0.6) is 0 Å². The van der Waals surface area contributed by atoms with Gasteiger partial charge in [0.2, 0.25) is 5.91 Å². The first-order valence-corrected chi connectivity index (χ1v) is 13.8. The van der Waals surface area contributed by atoms with E-state index >= 15 is 0 Å². The van der Waals surface area contributed by atoms with Crippen LogP contribution in [0.3, 0.4) is 0 Å². The van der Waals surface area contributed by atoms with Gasteiger partial charge < -0.3 is 10.3 Å². The van der Waals surface area contributed by atoms with Gasteiger partial charge in [-0.1, -0.05) is 19.3 Å². The summed E-state index contributed by atoms with van der Waals surface area (Å²) in [4.78, 5) is 29.8. The van der Waals surface area contributed by atoms with Crippen molar-refractivity contribution in [2.75, 3.05) is 5.32 Å². The minimum absolute atomic E-state index is 0.0819.